The van der Waals surface area contributed by atoms with E-state index in [1.54, 1.807) is 29.7 Å². The van der Waals surface area contributed by atoms with Crippen LogP contribution in [0.5, 0.6) is 0 Å². The Morgan fingerprint density at radius 1 is 1.20 bits per heavy atom. The Kier molecular flexibility index (Phi) is 4.03. The van der Waals surface area contributed by atoms with E-state index in [1.807, 2.05) is 28.5 Å². The number of rotatable bonds is 3. The van der Waals surface area contributed by atoms with Crippen molar-refractivity contribution in [3.05, 3.63) is 53.5 Å². The second kappa shape index (κ2) is 6.21. The minimum absolute atomic E-state index is 0.140. The third kappa shape index (κ3) is 3.15. The van der Waals surface area contributed by atoms with Crippen LogP contribution in [0.1, 0.15) is 12.0 Å². The lowest BCUT2D eigenvalue weighted by Gasteiger charge is -2.29. The van der Waals surface area contributed by atoms with Gasteiger partial charge in [-0.05, 0) is 54.1 Å². The number of primary sulfonamides is 1. The predicted molar refractivity (Wildman–Crippen MR) is 98.5 cm³/mol. The third-order valence-electron chi connectivity index (χ3n) is 4.16. The average Bonchev–Trinajstić information content (AvgIpc) is 3.15. The molecule has 128 valence electrons. The molecule has 0 fully saturated rings. The molecule has 6 nitrogen and oxygen atoms in total. The Morgan fingerprint density at radius 2 is 2.08 bits per heavy atom. The molecular formula is C17H16N4O2S2. The number of anilines is 2. The van der Waals surface area contributed by atoms with Gasteiger partial charge < -0.3 is 4.90 Å². The molecule has 0 saturated heterocycles. The maximum atomic E-state index is 11.6. The summed E-state index contributed by atoms with van der Waals surface area (Å²) in [6.07, 6.45) is 3.46. The summed E-state index contributed by atoms with van der Waals surface area (Å²) in [5.41, 5.74) is 2.76. The summed E-state index contributed by atoms with van der Waals surface area (Å²) in [5.74, 6) is 0.621. The summed E-state index contributed by atoms with van der Waals surface area (Å²) in [6.45, 7) is 0.787. The minimum Gasteiger partial charge on any atom is -0.310 e. The van der Waals surface area contributed by atoms with Crippen molar-refractivity contribution in [3.8, 4) is 10.6 Å². The van der Waals surface area contributed by atoms with Gasteiger partial charge in [0.2, 0.25) is 16.0 Å². The van der Waals surface area contributed by atoms with Gasteiger partial charge in [-0.3, -0.25) is 0 Å². The molecule has 2 N–H and O–H groups in total. The summed E-state index contributed by atoms with van der Waals surface area (Å²) in [6, 6.07) is 10.9. The third-order valence-corrected chi connectivity index (χ3v) is 5.96. The van der Waals surface area contributed by atoms with Crippen LogP contribution in [0.25, 0.3) is 10.6 Å². The summed E-state index contributed by atoms with van der Waals surface area (Å²) in [7, 11) is -3.70. The molecule has 2 aromatic heterocycles. The highest BCUT2D eigenvalue weighted by Crippen LogP contribution is 2.34. The van der Waals surface area contributed by atoms with E-state index in [2.05, 4.69) is 4.98 Å². The first kappa shape index (κ1) is 16.2. The summed E-state index contributed by atoms with van der Waals surface area (Å²) in [4.78, 5) is 12.4. The molecule has 0 unspecified atom stereocenters. The fourth-order valence-corrected chi connectivity index (χ4v) is 4.26. The number of nitrogens with two attached hydrogens (primary N) is 1. The molecule has 25 heavy (non-hydrogen) atoms. The van der Waals surface area contributed by atoms with Crippen molar-refractivity contribution >= 4 is 33.0 Å². The van der Waals surface area contributed by atoms with Crippen molar-refractivity contribution in [3.63, 3.8) is 0 Å². The van der Waals surface area contributed by atoms with Crippen molar-refractivity contribution in [2.45, 2.75) is 17.7 Å². The molecule has 0 spiro atoms. The van der Waals surface area contributed by atoms with Gasteiger partial charge in [-0.2, -0.15) is 0 Å². The van der Waals surface area contributed by atoms with Crippen LogP contribution in [-0.2, 0) is 16.4 Å². The molecule has 0 saturated carbocycles. The van der Waals surface area contributed by atoms with Gasteiger partial charge in [0.15, 0.2) is 0 Å². The van der Waals surface area contributed by atoms with E-state index in [0.717, 1.165) is 41.2 Å². The van der Waals surface area contributed by atoms with E-state index in [-0.39, 0.29) is 4.90 Å². The number of benzene rings is 1. The van der Waals surface area contributed by atoms with Crippen molar-refractivity contribution in [2.24, 2.45) is 5.14 Å². The molecule has 0 radical (unpaired) electrons. The normalized spacial score (nSPS) is 14.4. The Bertz CT molecular complexity index is 1020. The van der Waals surface area contributed by atoms with Gasteiger partial charge in [-0.15, -0.1) is 11.3 Å². The molecule has 0 amide bonds. The number of hydrogen-bond acceptors (Lipinski definition) is 6. The van der Waals surface area contributed by atoms with Crippen LogP contribution in [-0.4, -0.2) is 24.9 Å². The summed E-state index contributed by atoms with van der Waals surface area (Å²) >= 11 is 1.63. The lowest BCUT2D eigenvalue weighted by atomic mass is 10.0. The highest BCUT2D eigenvalue weighted by molar-refractivity contribution is 7.89. The molecule has 1 aromatic carbocycles. The zero-order valence-electron chi connectivity index (χ0n) is 13.3. The first-order chi connectivity index (χ1) is 12.0. The fourth-order valence-electron chi connectivity index (χ4n) is 3.00. The topological polar surface area (TPSA) is 89.2 Å². The fraction of sp³-hybridized carbons (Fsp3) is 0.176. The molecule has 1 aliphatic rings. The molecule has 3 heterocycles. The number of thiophene rings is 1. The SMILES string of the molecule is NS(=O)(=O)c1ccc2c(c1)CCCN2c1nccc(-c2cccs2)n1. The lowest BCUT2D eigenvalue weighted by molar-refractivity contribution is 0.597. The van der Waals surface area contributed by atoms with Crippen LogP contribution in [0.15, 0.2) is 52.9 Å². The Labute approximate surface area is 150 Å². The smallest absolute Gasteiger partial charge is 0.238 e. The number of aromatic nitrogens is 2. The van der Waals surface area contributed by atoms with Crippen molar-refractivity contribution in [2.75, 3.05) is 11.4 Å². The standard InChI is InChI=1S/C17H16N4O2S2/c18-25(22,23)13-5-6-15-12(11-13)3-1-9-21(15)17-19-8-7-14(20-17)16-4-2-10-24-16/h2,4-8,10-11H,1,3,9H2,(H2,18,22,23). The number of sulfonamides is 1. The molecule has 0 aliphatic carbocycles. The minimum atomic E-state index is -3.70. The van der Waals surface area contributed by atoms with Gasteiger partial charge in [-0.1, -0.05) is 6.07 Å². The quantitative estimate of drug-likeness (QED) is 0.763. The van der Waals surface area contributed by atoms with Gasteiger partial charge in [0, 0.05) is 18.4 Å². The Hall–Kier alpha value is -2.29. The Morgan fingerprint density at radius 3 is 2.84 bits per heavy atom. The molecule has 0 bridgehead atoms. The number of aryl methyl sites for hydroxylation is 1. The van der Waals surface area contributed by atoms with E-state index < -0.39 is 10.0 Å². The van der Waals surface area contributed by atoms with Crippen LogP contribution in [0.2, 0.25) is 0 Å². The lowest BCUT2D eigenvalue weighted by Crippen LogP contribution is -2.26. The number of hydrogen-bond donors (Lipinski definition) is 1. The highest BCUT2D eigenvalue weighted by atomic mass is 32.2. The van der Waals surface area contributed by atoms with E-state index in [1.165, 1.54) is 6.07 Å². The van der Waals surface area contributed by atoms with Crippen LogP contribution < -0.4 is 10.0 Å². The number of nitrogens with zero attached hydrogens (tertiary/aromatic N) is 3. The highest BCUT2D eigenvalue weighted by Gasteiger charge is 2.22. The zero-order chi connectivity index (χ0) is 17.4. The van der Waals surface area contributed by atoms with E-state index in [0.29, 0.717) is 5.95 Å². The van der Waals surface area contributed by atoms with Crippen LogP contribution >= 0.6 is 11.3 Å². The molecule has 3 aromatic rings. The van der Waals surface area contributed by atoms with Crippen LogP contribution in [0.3, 0.4) is 0 Å². The van der Waals surface area contributed by atoms with Crippen molar-refractivity contribution in [1.82, 2.24) is 9.97 Å². The van der Waals surface area contributed by atoms with Crippen molar-refractivity contribution in [1.29, 1.82) is 0 Å². The largest absolute Gasteiger partial charge is 0.310 e. The molecule has 8 heteroatoms. The van der Waals surface area contributed by atoms with Gasteiger partial charge in [-0.25, -0.2) is 23.5 Å². The van der Waals surface area contributed by atoms with E-state index in [4.69, 9.17) is 10.1 Å². The maximum Gasteiger partial charge on any atom is 0.238 e. The molecular weight excluding hydrogens is 356 g/mol. The van der Waals surface area contributed by atoms with Crippen LogP contribution in [0.4, 0.5) is 11.6 Å². The van der Waals surface area contributed by atoms with E-state index in [9.17, 15) is 8.42 Å². The first-order valence-electron chi connectivity index (χ1n) is 7.82. The molecule has 0 atom stereocenters. The zero-order valence-corrected chi connectivity index (χ0v) is 14.9. The summed E-state index contributed by atoms with van der Waals surface area (Å²) < 4.78 is 23.2. The van der Waals surface area contributed by atoms with Crippen LogP contribution in [0, 0.1) is 0 Å². The average molecular weight is 372 g/mol. The monoisotopic (exact) mass is 372 g/mol. The second-order valence-electron chi connectivity index (χ2n) is 5.81. The molecule has 1 aliphatic heterocycles. The van der Waals surface area contributed by atoms with Gasteiger partial charge in [0.05, 0.1) is 15.5 Å². The second-order valence-corrected chi connectivity index (χ2v) is 8.32. The summed E-state index contributed by atoms with van der Waals surface area (Å²) in [5, 5.41) is 7.26. The molecule has 4 rings (SSSR count). The van der Waals surface area contributed by atoms with Crippen molar-refractivity contribution < 1.29 is 8.42 Å². The predicted octanol–water partition coefficient (Wildman–Crippen LogP) is 2.94. The van der Waals surface area contributed by atoms with Gasteiger partial charge in [0.1, 0.15) is 0 Å². The van der Waals surface area contributed by atoms with Gasteiger partial charge >= 0.3 is 0 Å². The van der Waals surface area contributed by atoms with E-state index >= 15 is 0 Å². The first-order valence-corrected chi connectivity index (χ1v) is 10.3. The van der Waals surface area contributed by atoms with Gasteiger partial charge in [0.25, 0.3) is 0 Å². The number of fused-ring (bicyclic) bond motifs is 1. The Balaban J connectivity index is 1.75. The maximum absolute atomic E-state index is 11.6.